The molecule has 0 aliphatic rings. The molecular formula is C20H18F2N4O. The normalized spacial score (nSPS) is 10.5. The van der Waals surface area contributed by atoms with Crippen LogP contribution in [-0.4, -0.2) is 22.4 Å². The van der Waals surface area contributed by atoms with Gasteiger partial charge >= 0.3 is 0 Å². The van der Waals surface area contributed by atoms with E-state index in [1.165, 1.54) is 12.1 Å². The molecule has 0 fully saturated rings. The number of anilines is 2. The fourth-order valence-electron chi connectivity index (χ4n) is 2.40. The number of amides is 1. The van der Waals surface area contributed by atoms with Gasteiger partial charge in [-0.25, -0.2) is 18.7 Å². The summed E-state index contributed by atoms with van der Waals surface area (Å²) in [7, 11) is 0. The van der Waals surface area contributed by atoms with Crippen LogP contribution in [0, 0.1) is 11.6 Å². The van der Waals surface area contributed by atoms with Gasteiger partial charge in [0.05, 0.1) is 5.69 Å². The van der Waals surface area contributed by atoms with Gasteiger partial charge in [-0.05, 0) is 18.6 Å². The van der Waals surface area contributed by atoms with Crippen LogP contribution in [0.15, 0.2) is 54.6 Å². The molecular weight excluding hydrogens is 350 g/mol. The summed E-state index contributed by atoms with van der Waals surface area (Å²) < 4.78 is 27.1. The van der Waals surface area contributed by atoms with Crippen LogP contribution in [0.2, 0.25) is 0 Å². The van der Waals surface area contributed by atoms with Gasteiger partial charge in [0, 0.05) is 24.2 Å². The summed E-state index contributed by atoms with van der Waals surface area (Å²) in [5.41, 5.74) is 0.918. The number of carbonyl (C=O) groups excluding carboxylic acids is 1. The van der Waals surface area contributed by atoms with Crippen LogP contribution in [0.1, 0.15) is 23.8 Å². The molecule has 1 heterocycles. The molecule has 2 aromatic carbocycles. The van der Waals surface area contributed by atoms with Crippen molar-refractivity contribution in [1.29, 1.82) is 0 Å². The zero-order valence-electron chi connectivity index (χ0n) is 14.7. The van der Waals surface area contributed by atoms with E-state index in [4.69, 9.17) is 0 Å². The lowest BCUT2D eigenvalue weighted by atomic mass is 10.2. The quantitative estimate of drug-likeness (QED) is 0.681. The maximum absolute atomic E-state index is 14.0. The van der Waals surface area contributed by atoms with E-state index in [2.05, 4.69) is 20.6 Å². The second-order valence-electron chi connectivity index (χ2n) is 5.83. The van der Waals surface area contributed by atoms with Gasteiger partial charge in [0.2, 0.25) is 0 Å². The standard InChI is InChI=1S/C20H18F2N4O/c1-2-10-23-20(27)17-12-18(24-16-9-8-14(21)11-15(16)22)26-19(25-17)13-6-4-3-5-7-13/h3-9,11-12H,2,10H2,1H3,(H,23,27)(H,24,25,26). The van der Waals surface area contributed by atoms with Crippen LogP contribution in [0.25, 0.3) is 11.4 Å². The maximum Gasteiger partial charge on any atom is 0.270 e. The number of hydrogen-bond acceptors (Lipinski definition) is 4. The summed E-state index contributed by atoms with van der Waals surface area (Å²) in [5, 5.41) is 5.54. The van der Waals surface area contributed by atoms with E-state index in [9.17, 15) is 13.6 Å². The van der Waals surface area contributed by atoms with E-state index in [1.807, 2.05) is 37.3 Å². The number of aromatic nitrogens is 2. The molecule has 0 aliphatic heterocycles. The maximum atomic E-state index is 14.0. The van der Waals surface area contributed by atoms with Crippen LogP contribution in [0.3, 0.4) is 0 Å². The van der Waals surface area contributed by atoms with Crippen molar-refractivity contribution < 1.29 is 13.6 Å². The monoisotopic (exact) mass is 368 g/mol. The van der Waals surface area contributed by atoms with Gasteiger partial charge in [-0.3, -0.25) is 4.79 Å². The van der Waals surface area contributed by atoms with Gasteiger partial charge in [-0.2, -0.15) is 0 Å². The fourth-order valence-corrected chi connectivity index (χ4v) is 2.40. The second-order valence-corrected chi connectivity index (χ2v) is 5.83. The average Bonchev–Trinajstić information content (AvgIpc) is 2.68. The Bertz CT molecular complexity index is 948. The molecule has 0 radical (unpaired) electrons. The molecule has 0 aliphatic carbocycles. The third-order valence-corrected chi connectivity index (χ3v) is 3.72. The Balaban J connectivity index is 2.00. The Morgan fingerprint density at radius 2 is 1.81 bits per heavy atom. The van der Waals surface area contributed by atoms with E-state index in [-0.39, 0.29) is 23.1 Å². The summed E-state index contributed by atoms with van der Waals surface area (Å²) in [5.74, 6) is -1.22. The number of nitrogens with zero attached hydrogens (tertiary/aromatic N) is 2. The molecule has 0 bridgehead atoms. The number of hydrogen-bond donors (Lipinski definition) is 2. The van der Waals surface area contributed by atoms with Crippen molar-refractivity contribution in [2.45, 2.75) is 13.3 Å². The molecule has 5 nitrogen and oxygen atoms in total. The highest BCUT2D eigenvalue weighted by Gasteiger charge is 2.14. The molecule has 3 rings (SSSR count). The minimum absolute atomic E-state index is 0.0500. The molecule has 7 heteroatoms. The van der Waals surface area contributed by atoms with E-state index in [0.29, 0.717) is 17.9 Å². The number of halogens is 2. The van der Waals surface area contributed by atoms with Crippen molar-refractivity contribution in [2.24, 2.45) is 0 Å². The number of benzene rings is 2. The SMILES string of the molecule is CCCNC(=O)c1cc(Nc2ccc(F)cc2F)nc(-c2ccccc2)n1. The second kappa shape index (κ2) is 8.35. The largest absolute Gasteiger partial charge is 0.351 e. The van der Waals surface area contributed by atoms with Crippen LogP contribution >= 0.6 is 0 Å². The molecule has 0 saturated heterocycles. The third kappa shape index (κ3) is 4.63. The highest BCUT2D eigenvalue weighted by atomic mass is 19.1. The zero-order valence-corrected chi connectivity index (χ0v) is 14.7. The minimum atomic E-state index is -0.758. The predicted octanol–water partition coefficient (Wildman–Crippen LogP) is 4.31. The predicted molar refractivity (Wildman–Crippen MR) is 99.7 cm³/mol. The first kappa shape index (κ1) is 18.4. The van der Waals surface area contributed by atoms with E-state index in [0.717, 1.165) is 18.6 Å². The highest BCUT2D eigenvalue weighted by molar-refractivity contribution is 5.93. The van der Waals surface area contributed by atoms with E-state index >= 15 is 0 Å². The molecule has 27 heavy (non-hydrogen) atoms. The summed E-state index contributed by atoms with van der Waals surface area (Å²) >= 11 is 0. The molecule has 2 N–H and O–H groups in total. The Hall–Kier alpha value is -3.35. The summed E-state index contributed by atoms with van der Waals surface area (Å²) in [6.45, 7) is 2.46. The van der Waals surface area contributed by atoms with Gasteiger partial charge in [-0.1, -0.05) is 37.3 Å². The third-order valence-electron chi connectivity index (χ3n) is 3.72. The number of rotatable bonds is 6. The van der Waals surface area contributed by atoms with Crippen molar-refractivity contribution >= 4 is 17.4 Å². The van der Waals surface area contributed by atoms with Crippen LogP contribution in [-0.2, 0) is 0 Å². The van der Waals surface area contributed by atoms with E-state index in [1.54, 1.807) is 0 Å². The first-order valence-corrected chi connectivity index (χ1v) is 8.51. The van der Waals surface area contributed by atoms with Crippen LogP contribution < -0.4 is 10.6 Å². The Labute approximate surface area is 155 Å². The highest BCUT2D eigenvalue weighted by Crippen LogP contribution is 2.23. The topological polar surface area (TPSA) is 66.9 Å². The first-order chi connectivity index (χ1) is 13.1. The Kier molecular flexibility index (Phi) is 5.71. The summed E-state index contributed by atoms with van der Waals surface area (Å²) in [6, 6.07) is 13.7. The van der Waals surface area contributed by atoms with Crippen molar-refractivity contribution in [3.05, 3.63) is 71.9 Å². The molecule has 0 saturated carbocycles. The fraction of sp³-hybridized carbons (Fsp3) is 0.150. The van der Waals surface area contributed by atoms with Crippen molar-refractivity contribution in [3.63, 3.8) is 0 Å². The van der Waals surface area contributed by atoms with Gasteiger partial charge in [0.25, 0.3) is 5.91 Å². The van der Waals surface area contributed by atoms with Gasteiger partial charge < -0.3 is 10.6 Å². The molecule has 1 amide bonds. The Morgan fingerprint density at radius 1 is 1.04 bits per heavy atom. The first-order valence-electron chi connectivity index (χ1n) is 8.51. The van der Waals surface area contributed by atoms with E-state index < -0.39 is 11.6 Å². The Morgan fingerprint density at radius 3 is 2.52 bits per heavy atom. The molecule has 138 valence electrons. The molecule has 1 aromatic heterocycles. The van der Waals surface area contributed by atoms with Crippen LogP contribution in [0.4, 0.5) is 20.3 Å². The lowest BCUT2D eigenvalue weighted by Crippen LogP contribution is -2.25. The summed E-state index contributed by atoms with van der Waals surface area (Å²) in [6.07, 6.45) is 0.786. The minimum Gasteiger partial charge on any atom is -0.351 e. The lowest BCUT2D eigenvalue weighted by Gasteiger charge is -2.11. The average molecular weight is 368 g/mol. The van der Waals surface area contributed by atoms with Gasteiger partial charge in [0.15, 0.2) is 5.82 Å². The van der Waals surface area contributed by atoms with Gasteiger partial charge in [-0.15, -0.1) is 0 Å². The molecule has 0 atom stereocenters. The smallest absolute Gasteiger partial charge is 0.270 e. The van der Waals surface area contributed by atoms with Gasteiger partial charge in [0.1, 0.15) is 23.1 Å². The lowest BCUT2D eigenvalue weighted by molar-refractivity contribution is 0.0948. The van der Waals surface area contributed by atoms with Crippen molar-refractivity contribution in [1.82, 2.24) is 15.3 Å². The molecule has 3 aromatic rings. The van der Waals surface area contributed by atoms with Crippen molar-refractivity contribution in [3.8, 4) is 11.4 Å². The summed E-state index contributed by atoms with van der Waals surface area (Å²) in [4.78, 5) is 21.0. The zero-order chi connectivity index (χ0) is 19.2. The van der Waals surface area contributed by atoms with Crippen molar-refractivity contribution in [2.75, 3.05) is 11.9 Å². The molecule has 0 spiro atoms. The number of carbonyl (C=O) groups is 1. The van der Waals surface area contributed by atoms with Crippen LogP contribution in [0.5, 0.6) is 0 Å². The molecule has 0 unspecified atom stereocenters. The number of nitrogens with one attached hydrogen (secondary N) is 2.